The summed E-state index contributed by atoms with van der Waals surface area (Å²) >= 11 is 0. The van der Waals surface area contributed by atoms with Crippen LogP contribution in [0.1, 0.15) is 226 Å². The predicted molar refractivity (Wildman–Crippen MR) is 179 cm³/mol. The molecular weight excluding hydrogens is 488 g/mol. The number of unbranched alkanes of at least 4 members (excludes halogenated alkanes) is 28. The molecule has 0 aliphatic rings. The second-order valence-corrected chi connectivity index (χ2v) is 13.4. The quantitative estimate of drug-likeness (QED) is 0.0574. The molecule has 0 aromatic heterocycles. The summed E-state index contributed by atoms with van der Waals surface area (Å²) in [5.74, 6) is 0.902. The summed E-state index contributed by atoms with van der Waals surface area (Å²) in [7, 11) is 0. The first-order valence-electron chi connectivity index (χ1n) is 18.8. The van der Waals surface area contributed by atoms with Crippen molar-refractivity contribution in [3.05, 3.63) is 0 Å². The molecule has 0 aromatic rings. The third-order valence-corrected chi connectivity index (χ3v) is 8.67. The van der Waals surface area contributed by atoms with Gasteiger partial charge in [-0.3, -0.25) is 4.79 Å². The lowest BCUT2D eigenvalue weighted by molar-refractivity contribution is -0.143. The van der Waals surface area contributed by atoms with Crippen molar-refractivity contribution in [2.45, 2.75) is 226 Å². The van der Waals surface area contributed by atoms with Gasteiger partial charge in [-0.15, -0.1) is 0 Å². The minimum Gasteiger partial charge on any atom is -0.466 e. The zero-order chi connectivity index (χ0) is 29.2. The fourth-order valence-electron chi connectivity index (χ4n) is 5.85. The molecule has 0 rings (SSSR count). The Bertz CT molecular complexity index is 472. The summed E-state index contributed by atoms with van der Waals surface area (Å²) in [5, 5.41) is 0. The number of carbonyl (C=O) groups is 1. The van der Waals surface area contributed by atoms with E-state index >= 15 is 0 Å². The van der Waals surface area contributed by atoms with Crippen molar-refractivity contribution in [1.82, 2.24) is 0 Å². The Morgan fingerprint density at radius 1 is 0.425 bits per heavy atom. The molecule has 2 nitrogen and oxygen atoms in total. The maximum Gasteiger partial charge on any atom is 0.305 e. The summed E-state index contributed by atoms with van der Waals surface area (Å²) < 4.78 is 5.45. The number of ether oxygens (including phenoxy) is 1. The Kier molecular flexibility index (Phi) is 34.2. The van der Waals surface area contributed by atoms with E-state index in [9.17, 15) is 4.79 Å². The van der Waals surface area contributed by atoms with E-state index in [1.165, 1.54) is 186 Å². The SMILES string of the molecule is CCCCCCCCCCCCCCCCCCCC(=O)OCCCCCCCCCCCCCCCC(C)C. The molecule has 0 N–H and O–H groups in total. The van der Waals surface area contributed by atoms with Crippen LogP contribution in [-0.4, -0.2) is 12.6 Å². The van der Waals surface area contributed by atoms with Gasteiger partial charge in [0.25, 0.3) is 0 Å². The molecule has 240 valence electrons. The average molecular weight is 565 g/mol. The van der Waals surface area contributed by atoms with E-state index in [1.807, 2.05) is 0 Å². The van der Waals surface area contributed by atoms with Gasteiger partial charge in [0.05, 0.1) is 6.61 Å². The standard InChI is InChI=1S/C38H76O2/c1-4-5-6-7-8-9-10-11-12-13-14-17-20-23-26-29-32-35-38(39)40-36-33-30-27-24-21-18-15-16-19-22-25-28-31-34-37(2)3/h37H,4-36H2,1-3H3. The number of carbonyl (C=O) groups excluding carboxylic acids is 1. The minimum atomic E-state index is 0.0286. The van der Waals surface area contributed by atoms with Crippen molar-refractivity contribution in [2.75, 3.05) is 6.61 Å². The lowest BCUT2D eigenvalue weighted by Crippen LogP contribution is -2.05. The molecule has 0 radical (unpaired) electrons. The molecule has 0 amide bonds. The van der Waals surface area contributed by atoms with Crippen LogP contribution in [0.3, 0.4) is 0 Å². The van der Waals surface area contributed by atoms with Crippen LogP contribution in [0.4, 0.5) is 0 Å². The predicted octanol–water partition coefficient (Wildman–Crippen LogP) is 13.7. The van der Waals surface area contributed by atoms with Gasteiger partial charge < -0.3 is 4.74 Å². The van der Waals surface area contributed by atoms with Gasteiger partial charge in [-0.25, -0.2) is 0 Å². The molecule has 0 atom stereocenters. The van der Waals surface area contributed by atoms with Gasteiger partial charge in [-0.1, -0.05) is 207 Å². The molecular formula is C38H76O2. The van der Waals surface area contributed by atoms with Crippen molar-refractivity contribution in [2.24, 2.45) is 5.92 Å². The van der Waals surface area contributed by atoms with Crippen LogP contribution >= 0.6 is 0 Å². The van der Waals surface area contributed by atoms with Crippen molar-refractivity contribution in [3.8, 4) is 0 Å². The zero-order valence-corrected chi connectivity index (χ0v) is 28.2. The third kappa shape index (κ3) is 35.5. The molecule has 0 saturated heterocycles. The summed E-state index contributed by atoms with van der Waals surface area (Å²) in [5.41, 5.74) is 0. The summed E-state index contributed by atoms with van der Waals surface area (Å²) in [6.07, 6.45) is 43.1. The zero-order valence-electron chi connectivity index (χ0n) is 28.2. The van der Waals surface area contributed by atoms with Crippen LogP contribution in [0.2, 0.25) is 0 Å². The van der Waals surface area contributed by atoms with Crippen LogP contribution in [0.5, 0.6) is 0 Å². The molecule has 0 aliphatic heterocycles. The van der Waals surface area contributed by atoms with E-state index in [-0.39, 0.29) is 5.97 Å². The highest BCUT2D eigenvalue weighted by molar-refractivity contribution is 5.69. The first kappa shape index (κ1) is 39.5. The second kappa shape index (κ2) is 34.7. The Morgan fingerprint density at radius 3 is 1.07 bits per heavy atom. The van der Waals surface area contributed by atoms with E-state index < -0.39 is 0 Å². The van der Waals surface area contributed by atoms with E-state index in [4.69, 9.17) is 4.74 Å². The highest BCUT2D eigenvalue weighted by atomic mass is 16.5. The summed E-state index contributed by atoms with van der Waals surface area (Å²) in [4.78, 5) is 11.9. The molecule has 0 heterocycles. The Hall–Kier alpha value is -0.530. The topological polar surface area (TPSA) is 26.3 Å². The Balaban J connectivity index is 3.15. The van der Waals surface area contributed by atoms with E-state index in [0.29, 0.717) is 13.0 Å². The van der Waals surface area contributed by atoms with Gasteiger partial charge in [-0.05, 0) is 18.8 Å². The molecule has 0 saturated carbocycles. The van der Waals surface area contributed by atoms with Crippen LogP contribution < -0.4 is 0 Å². The molecule has 0 spiro atoms. The second-order valence-electron chi connectivity index (χ2n) is 13.4. The van der Waals surface area contributed by atoms with E-state index in [0.717, 1.165) is 18.8 Å². The molecule has 0 aromatic carbocycles. The largest absolute Gasteiger partial charge is 0.466 e. The Labute approximate surface area is 254 Å². The smallest absolute Gasteiger partial charge is 0.305 e. The molecule has 0 unspecified atom stereocenters. The number of hydrogen-bond donors (Lipinski definition) is 0. The first-order chi connectivity index (χ1) is 19.7. The fraction of sp³-hybridized carbons (Fsp3) is 0.974. The van der Waals surface area contributed by atoms with Crippen LogP contribution in [-0.2, 0) is 9.53 Å². The maximum atomic E-state index is 11.9. The first-order valence-corrected chi connectivity index (χ1v) is 18.8. The van der Waals surface area contributed by atoms with Gasteiger partial charge in [0, 0.05) is 6.42 Å². The number of esters is 1. The van der Waals surface area contributed by atoms with Crippen molar-refractivity contribution >= 4 is 5.97 Å². The monoisotopic (exact) mass is 565 g/mol. The van der Waals surface area contributed by atoms with Gasteiger partial charge in [-0.2, -0.15) is 0 Å². The maximum absolute atomic E-state index is 11.9. The highest BCUT2D eigenvalue weighted by Crippen LogP contribution is 2.16. The number of hydrogen-bond acceptors (Lipinski definition) is 2. The lowest BCUT2D eigenvalue weighted by Gasteiger charge is -2.06. The molecule has 0 fully saturated rings. The summed E-state index contributed by atoms with van der Waals surface area (Å²) in [6.45, 7) is 7.59. The lowest BCUT2D eigenvalue weighted by atomic mass is 10.0. The van der Waals surface area contributed by atoms with Crippen LogP contribution in [0.15, 0.2) is 0 Å². The minimum absolute atomic E-state index is 0.0286. The summed E-state index contributed by atoms with van der Waals surface area (Å²) in [6, 6.07) is 0. The molecule has 2 heteroatoms. The van der Waals surface area contributed by atoms with E-state index in [1.54, 1.807) is 0 Å². The number of rotatable bonds is 34. The third-order valence-electron chi connectivity index (χ3n) is 8.67. The highest BCUT2D eigenvalue weighted by Gasteiger charge is 2.03. The molecule has 40 heavy (non-hydrogen) atoms. The normalized spacial score (nSPS) is 11.5. The molecule has 0 bridgehead atoms. The van der Waals surface area contributed by atoms with Gasteiger partial charge >= 0.3 is 5.97 Å². The van der Waals surface area contributed by atoms with Gasteiger partial charge in [0.2, 0.25) is 0 Å². The van der Waals surface area contributed by atoms with Crippen molar-refractivity contribution in [3.63, 3.8) is 0 Å². The van der Waals surface area contributed by atoms with E-state index in [2.05, 4.69) is 20.8 Å². The van der Waals surface area contributed by atoms with Crippen LogP contribution in [0.25, 0.3) is 0 Å². The average Bonchev–Trinajstić information content (AvgIpc) is 2.94. The molecule has 0 aliphatic carbocycles. The van der Waals surface area contributed by atoms with Gasteiger partial charge in [0.1, 0.15) is 0 Å². The fourth-order valence-corrected chi connectivity index (χ4v) is 5.85. The Morgan fingerprint density at radius 2 is 0.725 bits per heavy atom. The van der Waals surface area contributed by atoms with Gasteiger partial charge in [0.15, 0.2) is 0 Å². The van der Waals surface area contributed by atoms with Crippen LogP contribution in [0, 0.1) is 5.92 Å². The van der Waals surface area contributed by atoms with Crippen molar-refractivity contribution < 1.29 is 9.53 Å². The van der Waals surface area contributed by atoms with Crippen molar-refractivity contribution in [1.29, 1.82) is 0 Å².